The number of methoxy groups -OCH3 is 1. The minimum atomic E-state index is -0.725. The molecule has 5 N–H and O–H groups in total. The number of ether oxygens (including phenoxy) is 1. The van der Waals surface area contributed by atoms with Gasteiger partial charge in [-0.1, -0.05) is 0 Å². The van der Waals surface area contributed by atoms with E-state index in [4.69, 9.17) is 9.15 Å². The number of phenolic OH excluding ortho intramolecular Hbond substituents is 5. The van der Waals surface area contributed by atoms with Crippen molar-refractivity contribution in [2.75, 3.05) is 7.11 Å². The molecule has 0 atom stereocenters. The fourth-order valence-corrected chi connectivity index (χ4v) is 2.51. The topological polar surface area (TPSA) is 141 Å². The first-order valence-electron chi connectivity index (χ1n) is 7.07. The van der Waals surface area contributed by atoms with Gasteiger partial charge >= 0.3 is 0 Å². The highest BCUT2D eigenvalue weighted by atomic mass is 16.5. The zero-order valence-corrected chi connectivity index (χ0v) is 13.2. The van der Waals surface area contributed by atoms with Crippen molar-refractivity contribution < 1.29 is 34.7 Å². The monoisotopic (exact) mass is 346 g/mol. The summed E-state index contributed by atoms with van der Waals surface area (Å²) in [5, 5.41) is 48.6. The van der Waals surface area contributed by atoms with Crippen LogP contribution >= 0.6 is 0 Å². The van der Waals surface area contributed by atoms with Crippen molar-refractivity contribution in [1.82, 2.24) is 0 Å². The molecule has 0 aliphatic carbocycles. The smallest absolute Gasteiger partial charge is 0.239 e. The fraction of sp³-hybridized carbons (Fsp3) is 0.118. The van der Waals surface area contributed by atoms with Gasteiger partial charge in [-0.3, -0.25) is 4.79 Å². The first-order chi connectivity index (χ1) is 11.8. The zero-order chi connectivity index (χ0) is 18.5. The van der Waals surface area contributed by atoms with Gasteiger partial charge in [-0.2, -0.15) is 0 Å². The molecular formula is C17H14O8. The van der Waals surface area contributed by atoms with E-state index in [1.165, 1.54) is 14.0 Å². The van der Waals surface area contributed by atoms with Gasteiger partial charge in [0.25, 0.3) is 0 Å². The lowest BCUT2D eigenvalue weighted by molar-refractivity contribution is 0.367. The van der Waals surface area contributed by atoms with Crippen LogP contribution in [0.25, 0.3) is 22.3 Å². The third kappa shape index (κ3) is 2.35. The Kier molecular flexibility index (Phi) is 3.60. The van der Waals surface area contributed by atoms with Crippen molar-refractivity contribution in [2.45, 2.75) is 6.92 Å². The molecule has 8 nitrogen and oxygen atoms in total. The van der Waals surface area contributed by atoms with Crippen molar-refractivity contribution in [3.8, 4) is 45.8 Å². The Bertz CT molecular complexity index is 1040. The van der Waals surface area contributed by atoms with Gasteiger partial charge in [0.1, 0.15) is 22.5 Å². The summed E-state index contributed by atoms with van der Waals surface area (Å²) in [6, 6.07) is 3.29. The maximum atomic E-state index is 12.7. The second kappa shape index (κ2) is 5.52. The van der Waals surface area contributed by atoms with Gasteiger partial charge in [0.2, 0.25) is 11.2 Å². The molecule has 0 aliphatic heterocycles. The number of phenols is 5. The van der Waals surface area contributed by atoms with E-state index in [-0.39, 0.29) is 39.4 Å². The van der Waals surface area contributed by atoms with E-state index in [0.29, 0.717) is 0 Å². The molecule has 3 rings (SSSR count). The summed E-state index contributed by atoms with van der Waals surface area (Å²) < 4.78 is 10.6. The van der Waals surface area contributed by atoms with E-state index in [1.54, 1.807) is 0 Å². The standard InChI is InChI=1S/C17H14O8/c1-6-8(18)5-11-12(13(6)21)15(23)17(24-2)16(25-11)7-3-9(19)14(22)10(20)4-7/h3-5,18-22H,1-2H3. The van der Waals surface area contributed by atoms with Gasteiger partial charge in [-0.15, -0.1) is 0 Å². The predicted octanol–water partition coefficient (Wildman–Crippen LogP) is 2.31. The molecule has 0 saturated carbocycles. The lowest BCUT2D eigenvalue weighted by atomic mass is 10.1. The van der Waals surface area contributed by atoms with Crippen LogP contribution in [-0.2, 0) is 0 Å². The Morgan fingerprint density at radius 1 is 0.920 bits per heavy atom. The minimum absolute atomic E-state index is 0.0446. The fourth-order valence-electron chi connectivity index (χ4n) is 2.51. The van der Waals surface area contributed by atoms with Crippen LogP contribution in [-0.4, -0.2) is 32.6 Å². The lowest BCUT2D eigenvalue weighted by Gasteiger charge is -2.12. The highest BCUT2D eigenvalue weighted by Crippen LogP contribution is 2.42. The maximum Gasteiger partial charge on any atom is 0.239 e. The third-order valence-corrected chi connectivity index (χ3v) is 3.88. The minimum Gasteiger partial charge on any atom is -0.507 e. The highest BCUT2D eigenvalue weighted by molar-refractivity contribution is 5.90. The normalized spacial score (nSPS) is 11.0. The van der Waals surface area contributed by atoms with E-state index in [0.717, 1.165) is 18.2 Å². The van der Waals surface area contributed by atoms with E-state index >= 15 is 0 Å². The Morgan fingerprint density at radius 2 is 1.52 bits per heavy atom. The van der Waals surface area contributed by atoms with E-state index < -0.39 is 28.4 Å². The van der Waals surface area contributed by atoms with Crippen LogP contribution in [0.4, 0.5) is 0 Å². The van der Waals surface area contributed by atoms with Crippen LogP contribution in [0.5, 0.6) is 34.5 Å². The molecule has 0 spiro atoms. The lowest BCUT2D eigenvalue weighted by Crippen LogP contribution is -2.08. The van der Waals surface area contributed by atoms with E-state index in [9.17, 15) is 30.3 Å². The number of aromatic hydroxyl groups is 5. The third-order valence-electron chi connectivity index (χ3n) is 3.88. The van der Waals surface area contributed by atoms with E-state index in [2.05, 4.69) is 0 Å². The van der Waals surface area contributed by atoms with Gasteiger partial charge in [-0.05, 0) is 19.1 Å². The van der Waals surface area contributed by atoms with Crippen molar-refractivity contribution in [1.29, 1.82) is 0 Å². The van der Waals surface area contributed by atoms with Crippen LogP contribution in [0.1, 0.15) is 5.56 Å². The molecule has 0 unspecified atom stereocenters. The van der Waals surface area contributed by atoms with Crippen molar-refractivity contribution in [3.63, 3.8) is 0 Å². The summed E-state index contributed by atoms with van der Waals surface area (Å²) in [6.45, 7) is 1.43. The summed E-state index contributed by atoms with van der Waals surface area (Å²) in [7, 11) is 1.21. The second-order valence-electron chi connectivity index (χ2n) is 5.40. The van der Waals surface area contributed by atoms with Gasteiger partial charge in [-0.25, -0.2) is 0 Å². The van der Waals surface area contributed by atoms with Crippen molar-refractivity contribution >= 4 is 11.0 Å². The highest BCUT2D eigenvalue weighted by Gasteiger charge is 2.23. The van der Waals surface area contributed by atoms with Crippen LogP contribution in [0, 0.1) is 6.92 Å². The molecule has 0 fully saturated rings. The maximum absolute atomic E-state index is 12.7. The molecule has 1 heterocycles. The molecule has 0 radical (unpaired) electrons. The zero-order valence-electron chi connectivity index (χ0n) is 13.2. The number of benzene rings is 2. The van der Waals surface area contributed by atoms with Crippen molar-refractivity contribution in [3.05, 3.63) is 34.0 Å². The van der Waals surface area contributed by atoms with Gasteiger partial charge in [0, 0.05) is 17.2 Å². The Balaban J connectivity index is 2.45. The molecule has 130 valence electrons. The van der Waals surface area contributed by atoms with Gasteiger partial charge in [0.15, 0.2) is 23.0 Å². The summed E-state index contributed by atoms with van der Waals surface area (Å²) in [5.74, 6) is -3.14. The van der Waals surface area contributed by atoms with Crippen LogP contribution in [0.3, 0.4) is 0 Å². The summed E-state index contributed by atoms with van der Waals surface area (Å²) in [5.41, 5.74) is -0.669. The van der Waals surface area contributed by atoms with Gasteiger partial charge < -0.3 is 34.7 Å². The molecule has 0 saturated heterocycles. The first-order valence-corrected chi connectivity index (χ1v) is 7.07. The molecule has 3 aromatic rings. The number of hydrogen-bond donors (Lipinski definition) is 5. The quantitative estimate of drug-likeness (QED) is 0.445. The molecule has 2 aromatic carbocycles. The summed E-state index contributed by atoms with van der Waals surface area (Å²) in [4.78, 5) is 12.7. The number of fused-ring (bicyclic) bond motifs is 1. The Hall–Kier alpha value is -3.55. The number of rotatable bonds is 2. The first kappa shape index (κ1) is 16.3. The van der Waals surface area contributed by atoms with Crippen LogP contribution in [0.2, 0.25) is 0 Å². The van der Waals surface area contributed by atoms with E-state index in [1.807, 2.05) is 0 Å². The molecule has 1 aromatic heterocycles. The molecule has 0 aliphatic rings. The SMILES string of the molecule is COc1c(-c2cc(O)c(O)c(O)c2)oc2cc(O)c(C)c(O)c2c1=O. The second-order valence-corrected chi connectivity index (χ2v) is 5.40. The van der Waals surface area contributed by atoms with Crippen molar-refractivity contribution in [2.24, 2.45) is 0 Å². The van der Waals surface area contributed by atoms with Crippen LogP contribution < -0.4 is 10.2 Å². The summed E-state index contributed by atoms with van der Waals surface area (Å²) >= 11 is 0. The average molecular weight is 346 g/mol. The Morgan fingerprint density at radius 3 is 2.08 bits per heavy atom. The number of hydrogen-bond acceptors (Lipinski definition) is 8. The predicted molar refractivity (Wildman–Crippen MR) is 87.5 cm³/mol. The average Bonchev–Trinajstić information content (AvgIpc) is 2.56. The largest absolute Gasteiger partial charge is 0.507 e. The summed E-state index contributed by atoms with van der Waals surface area (Å²) in [6.07, 6.45) is 0. The van der Waals surface area contributed by atoms with Gasteiger partial charge in [0.05, 0.1) is 7.11 Å². The van der Waals surface area contributed by atoms with Crippen LogP contribution in [0.15, 0.2) is 27.4 Å². The molecular weight excluding hydrogens is 332 g/mol. The molecule has 8 heteroatoms. The Labute approximate surface area is 140 Å². The molecule has 0 amide bonds. The molecule has 25 heavy (non-hydrogen) atoms. The molecule has 0 bridgehead atoms.